The average molecular weight is 542 g/mol. The number of carbonyl (C=O) groups excluding carboxylic acids is 1. The number of nitrogens with one attached hydrogen (secondary N) is 1. The molecule has 3 aromatic carbocycles. The molecule has 0 saturated heterocycles. The Hall–Kier alpha value is -4.25. The van der Waals surface area contributed by atoms with Crippen molar-refractivity contribution in [2.75, 3.05) is 13.4 Å². The van der Waals surface area contributed by atoms with Crippen LogP contribution in [-0.4, -0.2) is 38.8 Å². The van der Waals surface area contributed by atoms with E-state index in [-0.39, 0.29) is 23.0 Å². The van der Waals surface area contributed by atoms with E-state index in [1.165, 1.54) is 42.5 Å². The van der Waals surface area contributed by atoms with Gasteiger partial charge in [0.05, 0.1) is 17.1 Å². The summed E-state index contributed by atoms with van der Waals surface area (Å²) in [5.74, 6) is -0.427. The quantitative estimate of drug-likeness (QED) is 0.368. The van der Waals surface area contributed by atoms with Crippen LogP contribution in [0.4, 0.5) is 0 Å². The number of aryl methyl sites for hydroxylation is 1. The highest BCUT2D eigenvalue weighted by atomic mass is 32.2. The van der Waals surface area contributed by atoms with Crippen LogP contribution in [0.25, 0.3) is 0 Å². The number of aromatic carboxylic acids is 1. The van der Waals surface area contributed by atoms with Crippen LogP contribution in [0, 0.1) is 0 Å². The predicted octanol–water partition coefficient (Wildman–Crippen LogP) is 4.09. The number of carboxylic acids is 1. The van der Waals surface area contributed by atoms with Crippen LogP contribution in [0.15, 0.2) is 65.6 Å². The van der Waals surface area contributed by atoms with Crippen molar-refractivity contribution in [2.24, 2.45) is 0 Å². The molecule has 2 N–H and O–H groups in total. The van der Waals surface area contributed by atoms with Gasteiger partial charge in [-0.2, -0.15) is 0 Å². The topological polar surface area (TPSA) is 137 Å². The summed E-state index contributed by atoms with van der Waals surface area (Å²) in [6, 6.07) is 14.7. The molecule has 4 rings (SSSR count). The molecule has 11 heteroatoms. The van der Waals surface area contributed by atoms with E-state index in [4.69, 9.17) is 18.9 Å². The van der Waals surface area contributed by atoms with Crippen LogP contribution in [0.3, 0.4) is 0 Å². The van der Waals surface area contributed by atoms with Crippen LogP contribution in [-0.2, 0) is 21.2 Å². The second-order valence-electron chi connectivity index (χ2n) is 8.36. The van der Waals surface area contributed by atoms with Crippen molar-refractivity contribution >= 4 is 21.9 Å². The van der Waals surface area contributed by atoms with Crippen LogP contribution < -0.4 is 23.7 Å². The normalized spacial score (nSPS) is 13.0. The van der Waals surface area contributed by atoms with E-state index in [1.807, 2.05) is 13.8 Å². The van der Waals surface area contributed by atoms with Gasteiger partial charge in [-0.1, -0.05) is 19.4 Å². The van der Waals surface area contributed by atoms with E-state index in [0.29, 0.717) is 47.8 Å². The molecule has 1 heterocycles. The number of carbonyl (C=O) groups is 2. The van der Waals surface area contributed by atoms with Gasteiger partial charge in [-0.05, 0) is 73.5 Å². The first kappa shape index (κ1) is 26.8. The fourth-order valence-electron chi connectivity index (χ4n) is 3.89. The van der Waals surface area contributed by atoms with Crippen LogP contribution in [0.1, 0.15) is 47.9 Å². The van der Waals surface area contributed by atoms with Crippen molar-refractivity contribution in [3.05, 3.63) is 77.4 Å². The van der Waals surface area contributed by atoms with Crippen LogP contribution in [0.2, 0.25) is 0 Å². The maximum absolute atomic E-state index is 13.4. The molecular weight excluding hydrogens is 514 g/mol. The molecule has 0 radical (unpaired) electrons. The molecule has 0 aromatic heterocycles. The van der Waals surface area contributed by atoms with Gasteiger partial charge in [0.2, 0.25) is 12.9 Å². The van der Waals surface area contributed by atoms with Crippen molar-refractivity contribution in [3.8, 4) is 23.0 Å². The Bertz CT molecular complexity index is 1440. The molecule has 1 amide bonds. The lowest BCUT2D eigenvalue weighted by Crippen LogP contribution is -2.37. The van der Waals surface area contributed by atoms with Gasteiger partial charge in [-0.15, -0.1) is 0 Å². The molecule has 0 spiro atoms. The Morgan fingerprint density at radius 2 is 1.74 bits per heavy atom. The number of ether oxygens (including phenoxy) is 4. The molecule has 1 atom stereocenters. The van der Waals surface area contributed by atoms with Gasteiger partial charge in [0.25, 0.3) is 15.9 Å². The molecule has 200 valence electrons. The number of benzene rings is 3. The summed E-state index contributed by atoms with van der Waals surface area (Å²) in [4.78, 5) is 24.8. The Kier molecular flexibility index (Phi) is 8.06. The van der Waals surface area contributed by atoms with Gasteiger partial charge in [0.1, 0.15) is 11.5 Å². The number of carboxylic acid groups (broad SMARTS) is 1. The van der Waals surface area contributed by atoms with E-state index >= 15 is 0 Å². The Balaban J connectivity index is 1.68. The van der Waals surface area contributed by atoms with Crippen molar-refractivity contribution < 1.29 is 42.1 Å². The van der Waals surface area contributed by atoms with Crippen molar-refractivity contribution in [1.29, 1.82) is 0 Å². The standard InChI is InChI=1S/C27H27NO9S/c1-3-5-17-14-19(27(30)31)7-12-22(17)37-25(18-6-13-23-24(15-18)36-16-35-23)26(29)28-38(32,33)21-10-8-20(9-11-21)34-4-2/h6-15,25H,3-5,16H2,1-2H3,(H,28,29)(H,30,31). The highest BCUT2D eigenvalue weighted by Crippen LogP contribution is 2.36. The monoisotopic (exact) mass is 541 g/mol. The average Bonchev–Trinajstić information content (AvgIpc) is 3.36. The maximum atomic E-state index is 13.4. The van der Waals surface area contributed by atoms with Gasteiger partial charge >= 0.3 is 5.97 Å². The SMILES string of the molecule is CCCc1cc(C(=O)O)ccc1OC(C(=O)NS(=O)(=O)c1ccc(OCC)cc1)c1ccc2c(c1)OCO2. The number of amides is 1. The summed E-state index contributed by atoms with van der Waals surface area (Å²) in [5.41, 5.74) is 0.960. The summed E-state index contributed by atoms with van der Waals surface area (Å²) < 4.78 is 50.4. The minimum atomic E-state index is -4.26. The summed E-state index contributed by atoms with van der Waals surface area (Å²) in [6.45, 7) is 4.16. The molecule has 1 aliphatic rings. The molecule has 3 aromatic rings. The maximum Gasteiger partial charge on any atom is 0.335 e. The lowest BCUT2D eigenvalue weighted by Gasteiger charge is -2.21. The highest BCUT2D eigenvalue weighted by Gasteiger charge is 2.30. The first-order chi connectivity index (χ1) is 18.2. The number of sulfonamides is 1. The van der Waals surface area contributed by atoms with E-state index < -0.39 is 28.0 Å². The third-order valence-electron chi connectivity index (χ3n) is 5.69. The second kappa shape index (κ2) is 11.4. The van der Waals surface area contributed by atoms with E-state index in [0.717, 1.165) is 0 Å². The van der Waals surface area contributed by atoms with Gasteiger partial charge in [-0.25, -0.2) is 17.9 Å². The van der Waals surface area contributed by atoms with Gasteiger partial charge in [0, 0.05) is 5.56 Å². The molecular formula is C27H27NO9S. The molecule has 38 heavy (non-hydrogen) atoms. The van der Waals surface area contributed by atoms with Crippen molar-refractivity contribution in [2.45, 2.75) is 37.7 Å². The molecule has 0 fully saturated rings. The molecule has 0 aliphatic carbocycles. The number of fused-ring (bicyclic) bond motifs is 1. The van der Waals surface area contributed by atoms with Crippen LogP contribution >= 0.6 is 0 Å². The first-order valence-electron chi connectivity index (χ1n) is 11.9. The van der Waals surface area contributed by atoms with E-state index in [2.05, 4.69) is 4.72 Å². The van der Waals surface area contributed by atoms with Gasteiger partial charge in [0.15, 0.2) is 11.5 Å². The molecule has 0 bridgehead atoms. The lowest BCUT2D eigenvalue weighted by molar-refractivity contribution is -0.126. The van der Waals surface area contributed by atoms with Crippen LogP contribution in [0.5, 0.6) is 23.0 Å². The minimum Gasteiger partial charge on any atom is -0.494 e. The zero-order valence-electron chi connectivity index (χ0n) is 20.8. The molecule has 0 saturated carbocycles. The summed E-state index contributed by atoms with van der Waals surface area (Å²) in [6.07, 6.45) is -0.240. The third-order valence-corrected chi connectivity index (χ3v) is 7.05. The smallest absolute Gasteiger partial charge is 0.335 e. The Morgan fingerprint density at radius 3 is 2.42 bits per heavy atom. The summed E-state index contributed by atoms with van der Waals surface area (Å²) in [5, 5.41) is 9.38. The number of hydrogen-bond acceptors (Lipinski definition) is 8. The first-order valence-corrected chi connectivity index (χ1v) is 13.4. The molecule has 10 nitrogen and oxygen atoms in total. The zero-order chi connectivity index (χ0) is 27.3. The Morgan fingerprint density at radius 1 is 1.00 bits per heavy atom. The zero-order valence-corrected chi connectivity index (χ0v) is 21.6. The fourth-order valence-corrected chi connectivity index (χ4v) is 4.88. The summed E-state index contributed by atoms with van der Waals surface area (Å²) >= 11 is 0. The fraction of sp³-hybridized carbons (Fsp3) is 0.259. The number of hydrogen-bond donors (Lipinski definition) is 2. The van der Waals surface area contributed by atoms with E-state index in [1.54, 1.807) is 18.2 Å². The Labute approximate surface area is 220 Å². The van der Waals surface area contributed by atoms with Crippen molar-refractivity contribution in [1.82, 2.24) is 4.72 Å². The highest BCUT2D eigenvalue weighted by molar-refractivity contribution is 7.90. The predicted molar refractivity (Wildman–Crippen MR) is 136 cm³/mol. The van der Waals surface area contributed by atoms with Gasteiger partial charge in [-0.3, -0.25) is 4.79 Å². The third kappa shape index (κ3) is 6.00. The summed E-state index contributed by atoms with van der Waals surface area (Å²) in [7, 11) is -4.26. The molecule has 1 aliphatic heterocycles. The largest absolute Gasteiger partial charge is 0.494 e. The second-order valence-corrected chi connectivity index (χ2v) is 10.0. The van der Waals surface area contributed by atoms with Gasteiger partial charge < -0.3 is 24.1 Å². The minimum absolute atomic E-state index is 0.0138. The lowest BCUT2D eigenvalue weighted by atomic mass is 10.0. The number of rotatable bonds is 11. The molecule has 1 unspecified atom stereocenters. The van der Waals surface area contributed by atoms with Crippen molar-refractivity contribution in [3.63, 3.8) is 0 Å². The van der Waals surface area contributed by atoms with E-state index in [9.17, 15) is 23.1 Å².